The summed E-state index contributed by atoms with van der Waals surface area (Å²) in [6.45, 7) is 5.72. The lowest BCUT2D eigenvalue weighted by molar-refractivity contribution is 0.0696. The molecule has 0 aromatic carbocycles. The smallest absolute Gasteiger partial charge is 0.339 e. The lowest BCUT2D eigenvalue weighted by Crippen LogP contribution is -2.10. The highest BCUT2D eigenvalue weighted by Gasteiger charge is 2.15. The van der Waals surface area contributed by atoms with Crippen LogP contribution in [0.5, 0.6) is 0 Å². The molecule has 0 fully saturated rings. The van der Waals surface area contributed by atoms with E-state index in [9.17, 15) is 9.90 Å². The number of aromatic nitrogens is 2. The molecular formula is C13H15N3O3. The molecule has 2 rings (SSSR count). The minimum Gasteiger partial charge on any atom is -0.478 e. The van der Waals surface area contributed by atoms with Gasteiger partial charge in [-0.2, -0.15) is 0 Å². The van der Waals surface area contributed by atoms with Crippen molar-refractivity contribution < 1.29 is 14.3 Å². The van der Waals surface area contributed by atoms with Crippen LogP contribution >= 0.6 is 0 Å². The van der Waals surface area contributed by atoms with E-state index in [1.807, 2.05) is 13.8 Å². The van der Waals surface area contributed by atoms with Gasteiger partial charge in [0.15, 0.2) is 0 Å². The molecule has 0 aliphatic rings. The number of pyridine rings is 1. The number of rotatable bonds is 4. The van der Waals surface area contributed by atoms with E-state index in [1.165, 1.54) is 0 Å². The molecule has 0 saturated heterocycles. The molecular weight excluding hydrogens is 246 g/mol. The zero-order valence-electron chi connectivity index (χ0n) is 11.0. The van der Waals surface area contributed by atoms with Crippen LogP contribution in [0.25, 0.3) is 0 Å². The molecule has 0 bridgehead atoms. The number of anilines is 1. The van der Waals surface area contributed by atoms with Crippen LogP contribution in [0, 0.1) is 20.8 Å². The summed E-state index contributed by atoms with van der Waals surface area (Å²) in [7, 11) is 0. The number of aryl methyl sites for hydroxylation is 3. The van der Waals surface area contributed by atoms with Crippen LogP contribution in [0.1, 0.15) is 33.3 Å². The van der Waals surface area contributed by atoms with Crippen molar-refractivity contribution in [1.29, 1.82) is 0 Å². The van der Waals surface area contributed by atoms with Crippen LogP contribution in [0.15, 0.2) is 16.7 Å². The summed E-state index contributed by atoms with van der Waals surface area (Å²) in [6.07, 6.45) is 1.57. The monoisotopic (exact) mass is 261 g/mol. The highest BCUT2D eigenvalue weighted by atomic mass is 16.4. The van der Waals surface area contributed by atoms with Crippen LogP contribution in [-0.2, 0) is 6.54 Å². The Morgan fingerprint density at radius 1 is 1.42 bits per heavy atom. The van der Waals surface area contributed by atoms with Gasteiger partial charge in [0.1, 0.15) is 17.1 Å². The van der Waals surface area contributed by atoms with E-state index in [0.717, 1.165) is 11.5 Å². The zero-order chi connectivity index (χ0) is 14.0. The first-order chi connectivity index (χ1) is 8.99. The maximum atomic E-state index is 11.2. The standard InChI is InChI=1S/C13H15N3O3/c1-7-4-5-14-12(11(7)13(17)18)15-6-10-16-8(2)9(3)19-10/h4-5H,6H2,1-3H3,(H,14,15)(H,17,18). The van der Waals surface area contributed by atoms with Gasteiger partial charge in [-0.3, -0.25) is 0 Å². The third-order valence-corrected chi connectivity index (χ3v) is 2.85. The predicted octanol–water partition coefficient (Wildman–Crippen LogP) is 2.31. The lowest BCUT2D eigenvalue weighted by atomic mass is 10.1. The van der Waals surface area contributed by atoms with Crippen LogP contribution in [0.2, 0.25) is 0 Å². The molecule has 2 N–H and O–H groups in total. The average Bonchev–Trinajstić information content (AvgIpc) is 2.65. The second kappa shape index (κ2) is 5.09. The number of hydrogen-bond donors (Lipinski definition) is 2. The molecule has 6 heteroatoms. The van der Waals surface area contributed by atoms with Crippen molar-refractivity contribution in [2.75, 3.05) is 5.32 Å². The van der Waals surface area contributed by atoms with Crippen molar-refractivity contribution in [2.24, 2.45) is 0 Å². The first-order valence-electron chi connectivity index (χ1n) is 5.84. The SMILES string of the molecule is Cc1ccnc(NCc2nc(C)c(C)o2)c1C(=O)O. The normalized spacial score (nSPS) is 10.5. The quantitative estimate of drug-likeness (QED) is 0.878. The van der Waals surface area contributed by atoms with E-state index in [4.69, 9.17) is 4.42 Å². The van der Waals surface area contributed by atoms with Gasteiger partial charge in [-0.25, -0.2) is 14.8 Å². The molecule has 6 nitrogen and oxygen atoms in total. The van der Waals surface area contributed by atoms with E-state index in [0.29, 0.717) is 23.8 Å². The Labute approximate surface area is 110 Å². The molecule has 0 aliphatic heterocycles. The Morgan fingerprint density at radius 2 is 2.16 bits per heavy atom. The van der Waals surface area contributed by atoms with Gasteiger partial charge in [0, 0.05) is 6.20 Å². The van der Waals surface area contributed by atoms with E-state index < -0.39 is 5.97 Å². The topological polar surface area (TPSA) is 88.3 Å². The fourth-order valence-electron chi connectivity index (χ4n) is 1.74. The molecule has 100 valence electrons. The summed E-state index contributed by atoms with van der Waals surface area (Å²) in [6, 6.07) is 1.66. The number of nitrogens with one attached hydrogen (secondary N) is 1. The average molecular weight is 261 g/mol. The molecule has 0 unspecified atom stereocenters. The summed E-state index contributed by atoms with van der Waals surface area (Å²) >= 11 is 0. The summed E-state index contributed by atoms with van der Waals surface area (Å²) < 4.78 is 5.42. The first kappa shape index (κ1) is 13.1. The van der Waals surface area contributed by atoms with Gasteiger partial charge in [-0.05, 0) is 32.4 Å². The van der Waals surface area contributed by atoms with Gasteiger partial charge in [0.2, 0.25) is 5.89 Å². The number of carboxylic acids is 1. The third kappa shape index (κ3) is 2.73. The highest BCUT2D eigenvalue weighted by molar-refractivity contribution is 5.94. The van der Waals surface area contributed by atoms with E-state index in [-0.39, 0.29) is 5.56 Å². The van der Waals surface area contributed by atoms with Crippen molar-refractivity contribution in [1.82, 2.24) is 9.97 Å². The van der Waals surface area contributed by atoms with Gasteiger partial charge >= 0.3 is 5.97 Å². The highest BCUT2D eigenvalue weighted by Crippen LogP contribution is 2.17. The zero-order valence-corrected chi connectivity index (χ0v) is 11.0. The molecule has 0 amide bonds. The minimum absolute atomic E-state index is 0.169. The summed E-state index contributed by atoms with van der Waals surface area (Å²) in [5.74, 6) is 0.580. The first-order valence-corrected chi connectivity index (χ1v) is 5.84. The van der Waals surface area contributed by atoms with Crippen LogP contribution in [0.4, 0.5) is 5.82 Å². The van der Waals surface area contributed by atoms with Crippen molar-refractivity contribution in [2.45, 2.75) is 27.3 Å². The number of oxazole rings is 1. The van der Waals surface area contributed by atoms with Crippen LogP contribution in [0.3, 0.4) is 0 Å². The molecule has 2 aromatic heterocycles. The number of hydrogen-bond acceptors (Lipinski definition) is 5. The van der Waals surface area contributed by atoms with Gasteiger partial charge in [-0.15, -0.1) is 0 Å². The Kier molecular flexibility index (Phi) is 3.50. The molecule has 19 heavy (non-hydrogen) atoms. The van der Waals surface area contributed by atoms with Gasteiger partial charge in [0.05, 0.1) is 12.2 Å². The van der Waals surface area contributed by atoms with Crippen LogP contribution in [-0.4, -0.2) is 21.0 Å². The van der Waals surface area contributed by atoms with Gasteiger partial charge < -0.3 is 14.8 Å². The number of nitrogens with zero attached hydrogens (tertiary/aromatic N) is 2. The van der Waals surface area contributed by atoms with E-state index >= 15 is 0 Å². The Morgan fingerprint density at radius 3 is 2.74 bits per heavy atom. The van der Waals surface area contributed by atoms with Crippen molar-refractivity contribution in [3.05, 3.63) is 40.7 Å². The third-order valence-electron chi connectivity index (χ3n) is 2.85. The molecule has 0 atom stereocenters. The lowest BCUT2D eigenvalue weighted by Gasteiger charge is -2.08. The van der Waals surface area contributed by atoms with Gasteiger partial charge in [-0.1, -0.05) is 0 Å². The molecule has 0 radical (unpaired) electrons. The second-order valence-corrected chi connectivity index (χ2v) is 4.26. The van der Waals surface area contributed by atoms with Crippen molar-refractivity contribution in [3.8, 4) is 0 Å². The van der Waals surface area contributed by atoms with E-state index in [2.05, 4.69) is 15.3 Å². The Balaban J connectivity index is 2.20. The molecule has 0 aliphatic carbocycles. The fraction of sp³-hybridized carbons (Fsp3) is 0.308. The van der Waals surface area contributed by atoms with E-state index in [1.54, 1.807) is 19.2 Å². The molecule has 0 spiro atoms. The number of carboxylic acid groups (broad SMARTS) is 1. The Bertz CT molecular complexity index is 600. The second-order valence-electron chi connectivity index (χ2n) is 4.26. The summed E-state index contributed by atoms with van der Waals surface area (Å²) in [5.41, 5.74) is 1.65. The fourth-order valence-corrected chi connectivity index (χ4v) is 1.74. The Hall–Kier alpha value is -2.37. The molecule has 2 heterocycles. The summed E-state index contributed by atoms with van der Waals surface area (Å²) in [5, 5.41) is 12.1. The van der Waals surface area contributed by atoms with Crippen molar-refractivity contribution in [3.63, 3.8) is 0 Å². The predicted molar refractivity (Wildman–Crippen MR) is 69.2 cm³/mol. The molecule has 2 aromatic rings. The van der Waals surface area contributed by atoms with Crippen LogP contribution < -0.4 is 5.32 Å². The maximum Gasteiger partial charge on any atom is 0.339 e. The molecule has 0 saturated carbocycles. The number of carbonyl (C=O) groups is 1. The number of aromatic carboxylic acids is 1. The largest absolute Gasteiger partial charge is 0.478 e. The minimum atomic E-state index is -1.01. The van der Waals surface area contributed by atoms with Gasteiger partial charge in [0.25, 0.3) is 0 Å². The maximum absolute atomic E-state index is 11.2. The van der Waals surface area contributed by atoms with Crippen molar-refractivity contribution >= 4 is 11.8 Å². The summed E-state index contributed by atoms with van der Waals surface area (Å²) in [4.78, 5) is 19.5.